The smallest absolute Gasteiger partial charge is 0.275 e. The highest BCUT2D eigenvalue weighted by Gasteiger charge is 2.18. The molecule has 0 saturated carbocycles. The monoisotopic (exact) mass is 205 g/mol. The van der Waals surface area contributed by atoms with Crippen LogP contribution in [0.5, 0.6) is 0 Å². The van der Waals surface area contributed by atoms with Gasteiger partial charge in [0.25, 0.3) is 0 Å². The van der Waals surface area contributed by atoms with Crippen molar-refractivity contribution in [3.05, 3.63) is 20.4 Å². The van der Waals surface area contributed by atoms with E-state index in [-0.39, 0.29) is 10.3 Å². The molecule has 1 aromatic rings. The topological polar surface area (TPSA) is 71.8 Å². The molecule has 1 N–H and O–H groups in total. The van der Waals surface area contributed by atoms with Crippen molar-refractivity contribution in [1.82, 2.24) is 10.2 Å². The van der Waals surface area contributed by atoms with Crippen LogP contribution in [0.25, 0.3) is 0 Å². The van der Waals surface area contributed by atoms with E-state index >= 15 is 0 Å². The molecule has 6 heteroatoms. The molecule has 1 heterocycles. The van der Waals surface area contributed by atoms with E-state index in [1.165, 1.54) is 0 Å². The average Bonchev–Trinajstić information content (AvgIpc) is 2.11. The average molecular weight is 206 g/mol. The maximum absolute atomic E-state index is 10.2. The molecular weight excluding hydrogens is 202 g/mol. The number of aromatic nitrogens is 2. The Morgan fingerprint density at radius 2 is 2.40 bits per heavy atom. The maximum Gasteiger partial charge on any atom is 0.323 e. The summed E-state index contributed by atoms with van der Waals surface area (Å²) >= 11 is 2.93. The van der Waals surface area contributed by atoms with E-state index in [9.17, 15) is 10.1 Å². The van der Waals surface area contributed by atoms with Crippen molar-refractivity contribution in [2.24, 2.45) is 0 Å². The lowest BCUT2D eigenvalue weighted by Gasteiger charge is -1.84. The minimum atomic E-state index is -0.483. The Bertz CT molecular complexity index is 250. The second-order valence-corrected chi connectivity index (χ2v) is 2.50. The minimum absolute atomic E-state index is 0.000000000000000222. The Labute approximate surface area is 64.7 Å². The summed E-state index contributed by atoms with van der Waals surface area (Å²) in [6.07, 6.45) is 0. The highest BCUT2D eigenvalue weighted by molar-refractivity contribution is 9.10. The van der Waals surface area contributed by atoms with Gasteiger partial charge in [-0.3, -0.25) is 15.2 Å². The van der Waals surface area contributed by atoms with Crippen molar-refractivity contribution >= 4 is 21.6 Å². The van der Waals surface area contributed by atoms with E-state index in [0.29, 0.717) is 5.69 Å². The Morgan fingerprint density at radius 3 is 2.60 bits per heavy atom. The summed E-state index contributed by atoms with van der Waals surface area (Å²) < 4.78 is 0.245. The molecule has 0 unspecified atom stereocenters. The number of nitro groups is 1. The standard InChI is InChI=1S/C4H4BrN3O2/c1-2-3(8(9)10)4(5)7-6-2/h1H3,(H,6,7). The van der Waals surface area contributed by atoms with Crippen LogP contribution in [0.3, 0.4) is 0 Å². The molecule has 0 saturated heterocycles. The van der Waals surface area contributed by atoms with E-state index in [4.69, 9.17) is 0 Å². The Hall–Kier alpha value is -0.910. The SMILES string of the molecule is Cc1[nH]nc(Br)c1[N+](=O)[O-]. The Morgan fingerprint density at radius 1 is 1.80 bits per heavy atom. The van der Waals surface area contributed by atoms with E-state index in [0.717, 1.165) is 0 Å². The first-order valence-corrected chi connectivity index (χ1v) is 3.27. The Kier molecular flexibility index (Phi) is 1.71. The number of aromatic amines is 1. The predicted octanol–water partition coefficient (Wildman–Crippen LogP) is 1.39. The highest BCUT2D eigenvalue weighted by atomic mass is 79.9. The van der Waals surface area contributed by atoms with Crippen molar-refractivity contribution in [3.8, 4) is 0 Å². The first-order valence-electron chi connectivity index (χ1n) is 2.47. The number of nitrogens with zero attached hydrogens (tertiary/aromatic N) is 2. The number of hydrogen-bond donors (Lipinski definition) is 1. The number of aryl methyl sites for hydroxylation is 1. The van der Waals surface area contributed by atoms with Crippen LogP contribution in [-0.4, -0.2) is 15.1 Å². The van der Waals surface area contributed by atoms with Crippen LogP contribution in [0, 0.1) is 17.0 Å². The van der Waals surface area contributed by atoms with Crippen LogP contribution in [0.15, 0.2) is 4.60 Å². The third kappa shape index (κ3) is 1.02. The third-order valence-electron chi connectivity index (χ3n) is 1.05. The van der Waals surface area contributed by atoms with Gasteiger partial charge in [0.15, 0.2) is 0 Å². The van der Waals surface area contributed by atoms with Crippen molar-refractivity contribution in [2.75, 3.05) is 0 Å². The lowest BCUT2D eigenvalue weighted by Crippen LogP contribution is -1.88. The number of halogens is 1. The van der Waals surface area contributed by atoms with Crippen molar-refractivity contribution in [2.45, 2.75) is 6.92 Å². The molecule has 0 bridgehead atoms. The summed E-state index contributed by atoms with van der Waals surface area (Å²) in [7, 11) is 0. The first kappa shape index (κ1) is 7.20. The molecule has 1 rings (SSSR count). The quantitative estimate of drug-likeness (QED) is 0.557. The fourth-order valence-electron chi connectivity index (χ4n) is 0.606. The molecule has 0 radical (unpaired) electrons. The molecular formula is C4H4BrN3O2. The van der Waals surface area contributed by atoms with Crippen LogP contribution >= 0.6 is 15.9 Å². The van der Waals surface area contributed by atoms with Gasteiger partial charge in [-0.05, 0) is 22.9 Å². The normalized spacial score (nSPS) is 9.80. The van der Waals surface area contributed by atoms with E-state index in [1.807, 2.05) is 0 Å². The van der Waals surface area contributed by atoms with E-state index in [1.54, 1.807) is 6.92 Å². The van der Waals surface area contributed by atoms with Crippen LogP contribution in [0.4, 0.5) is 5.69 Å². The summed E-state index contributed by atoms with van der Waals surface area (Å²) in [5.74, 6) is 0. The van der Waals surface area contributed by atoms with Crippen LogP contribution in [-0.2, 0) is 0 Å². The minimum Gasteiger partial charge on any atom is -0.275 e. The summed E-state index contributed by atoms with van der Waals surface area (Å²) in [5.41, 5.74) is 0.455. The lowest BCUT2D eigenvalue weighted by molar-refractivity contribution is -0.386. The van der Waals surface area contributed by atoms with Gasteiger partial charge in [-0.2, -0.15) is 5.10 Å². The molecule has 0 aliphatic heterocycles. The van der Waals surface area contributed by atoms with Crippen molar-refractivity contribution in [1.29, 1.82) is 0 Å². The highest BCUT2D eigenvalue weighted by Crippen LogP contribution is 2.24. The molecule has 0 amide bonds. The van der Waals surface area contributed by atoms with Crippen molar-refractivity contribution in [3.63, 3.8) is 0 Å². The van der Waals surface area contributed by atoms with Crippen LogP contribution < -0.4 is 0 Å². The maximum atomic E-state index is 10.2. The van der Waals surface area contributed by atoms with Gasteiger partial charge in [-0.1, -0.05) is 0 Å². The van der Waals surface area contributed by atoms with E-state index in [2.05, 4.69) is 26.1 Å². The van der Waals surface area contributed by atoms with Gasteiger partial charge in [0, 0.05) is 0 Å². The molecule has 0 atom stereocenters. The molecule has 0 spiro atoms. The molecule has 0 fully saturated rings. The molecule has 0 aliphatic rings. The zero-order valence-electron chi connectivity index (χ0n) is 5.09. The zero-order valence-corrected chi connectivity index (χ0v) is 6.67. The molecule has 0 aliphatic carbocycles. The molecule has 5 nitrogen and oxygen atoms in total. The number of hydrogen-bond acceptors (Lipinski definition) is 3. The first-order chi connectivity index (χ1) is 4.63. The lowest BCUT2D eigenvalue weighted by atomic mass is 10.4. The zero-order chi connectivity index (χ0) is 7.72. The summed E-state index contributed by atoms with van der Waals surface area (Å²) in [5, 5.41) is 16.3. The van der Waals surface area contributed by atoms with Gasteiger partial charge < -0.3 is 0 Å². The van der Waals surface area contributed by atoms with Gasteiger partial charge in [0.05, 0.1) is 4.92 Å². The van der Waals surface area contributed by atoms with Gasteiger partial charge in [-0.15, -0.1) is 0 Å². The van der Waals surface area contributed by atoms with Gasteiger partial charge >= 0.3 is 5.69 Å². The van der Waals surface area contributed by atoms with E-state index < -0.39 is 4.92 Å². The molecule has 0 aromatic carbocycles. The van der Waals surface area contributed by atoms with Crippen LogP contribution in [0.1, 0.15) is 5.69 Å². The molecule has 54 valence electrons. The summed E-state index contributed by atoms with van der Waals surface area (Å²) in [6, 6.07) is 0. The second kappa shape index (κ2) is 2.37. The number of nitrogens with one attached hydrogen (secondary N) is 1. The summed E-state index contributed by atoms with van der Waals surface area (Å²) in [4.78, 5) is 9.74. The third-order valence-corrected chi connectivity index (χ3v) is 1.61. The summed E-state index contributed by atoms with van der Waals surface area (Å²) in [6.45, 7) is 1.59. The second-order valence-electron chi connectivity index (χ2n) is 1.75. The fraction of sp³-hybridized carbons (Fsp3) is 0.250. The largest absolute Gasteiger partial charge is 0.323 e. The van der Waals surface area contributed by atoms with Crippen molar-refractivity contribution < 1.29 is 4.92 Å². The molecule has 10 heavy (non-hydrogen) atoms. The van der Waals surface area contributed by atoms with Crippen LogP contribution in [0.2, 0.25) is 0 Å². The Balaban J connectivity index is 3.23. The fourth-order valence-corrected chi connectivity index (χ4v) is 1.14. The van der Waals surface area contributed by atoms with Gasteiger partial charge in [0.2, 0.25) is 4.60 Å². The molecule has 1 aromatic heterocycles. The van der Waals surface area contributed by atoms with Gasteiger partial charge in [-0.25, -0.2) is 0 Å². The predicted molar refractivity (Wildman–Crippen MR) is 37.7 cm³/mol. The number of rotatable bonds is 1. The van der Waals surface area contributed by atoms with Gasteiger partial charge in [0.1, 0.15) is 5.69 Å². The number of H-pyrrole nitrogens is 1.